The lowest BCUT2D eigenvalue weighted by atomic mass is 10.2. The zero-order valence-electron chi connectivity index (χ0n) is 9.35. The smallest absolute Gasteiger partial charge is 0.219 e. The summed E-state index contributed by atoms with van der Waals surface area (Å²) in [7, 11) is 0. The summed E-state index contributed by atoms with van der Waals surface area (Å²) < 4.78 is 2.77. The van der Waals surface area contributed by atoms with Crippen LogP contribution in [0.2, 0.25) is 0 Å². The molecule has 0 aliphatic rings. The van der Waals surface area contributed by atoms with Crippen molar-refractivity contribution in [1.82, 2.24) is 9.55 Å². The van der Waals surface area contributed by atoms with Crippen LogP contribution in [0.1, 0.15) is 19.4 Å². The third-order valence-electron chi connectivity index (χ3n) is 2.62. The predicted octanol–water partition coefficient (Wildman–Crippen LogP) is 1.82. The third-order valence-corrected chi connectivity index (χ3v) is 3.11. The van der Waals surface area contributed by atoms with Gasteiger partial charge in [0.1, 0.15) is 0 Å². The van der Waals surface area contributed by atoms with Gasteiger partial charge in [0.2, 0.25) is 11.9 Å². The second-order valence-electron chi connectivity index (χ2n) is 3.99. The van der Waals surface area contributed by atoms with Gasteiger partial charge in [-0.25, -0.2) is 4.98 Å². The van der Waals surface area contributed by atoms with Crippen molar-refractivity contribution < 1.29 is 4.79 Å². The van der Waals surface area contributed by atoms with Crippen LogP contribution in [0.4, 0.5) is 5.95 Å². The number of carbonyl (C=O) groups excluding carboxylic acids is 1. The van der Waals surface area contributed by atoms with Gasteiger partial charge in [0, 0.05) is 16.9 Å². The molecule has 1 heterocycles. The first-order chi connectivity index (χ1) is 7.99. The van der Waals surface area contributed by atoms with Crippen molar-refractivity contribution in [3.63, 3.8) is 0 Å². The molecule has 0 bridgehead atoms. The zero-order chi connectivity index (χ0) is 12.6. The highest BCUT2D eigenvalue weighted by Crippen LogP contribution is 2.26. The van der Waals surface area contributed by atoms with E-state index >= 15 is 0 Å². The number of imidazole rings is 1. The molecule has 1 amide bonds. The topological polar surface area (TPSA) is 86.9 Å². The predicted molar refractivity (Wildman–Crippen MR) is 70.4 cm³/mol. The van der Waals surface area contributed by atoms with E-state index in [0.717, 1.165) is 15.5 Å². The maximum absolute atomic E-state index is 10.9. The highest BCUT2D eigenvalue weighted by molar-refractivity contribution is 9.10. The molecule has 0 saturated carbocycles. The van der Waals surface area contributed by atoms with Crippen molar-refractivity contribution in [2.45, 2.75) is 19.4 Å². The van der Waals surface area contributed by atoms with Crippen LogP contribution in [0.25, 0.3) is 11.0 Å². The molecule has 1 atom stereocenters. The molecule has 5 nitrogen and oxygen atoms in total. The molecular weight excluding hydrogens is 284 g/mol. The fourth-order valence-corrected chi connectivity index (χ4v) is 2.29. The van der Waals surface area contributed by atoms with Gasteiger partial charge in [-0.15, -0.1) is 0 Å². The summed E-state index contributed by atoms with van der Waals surface area (Å²) in [5.41, 5.74) is 12.8. The van der Waals surface area contributed by atoms with Crippen LogP contribution >= 0.6 is 15.9 Å². The van der Waals surface area contributed by atoms with Crippen LogP contribution in [0, 0.1) is 0 Å². The van der Waals surface area contributed by atoms with Gasteiger partial charge < -0.3 is 16.0 Å². The van der Waals surface area contributed by atoms with E-state index < -0.39 is 0 Å². The second-order valence-corrected chi connectivity index (χ2v) is 4.91. The molecule has 1 aromatic carbocycles. The quantitative estimate of drug-likeness (QED) is 0.906. The molecule has 17 heavy (non-hydrogen) atoms. The van der Waals surface area contributed by atoms with E-state index in [4.69, 9.17) is 11.5 Å². The fraction of sp³-hybridized carbons (Fsp3) is 0.273. The maximum Gasteiger partial charge on any atom is 0.219 e. The molecule has 2 aromatic rings. The minimum Gasteiger partial charge on any atom is -0.370 e. The Morgan fingerprint density at radius 2 is 2.29 bits per heavy atom. The summed E-state index contributed by atoms with van der Waals surface area (Å²) in [4.78, 5) is 15.2. The Balaban J connectivity index is 2.53. The number of benzene rings is 1. The van der Waals surface area contributed by atoms with Crippen molar-refractivity contribution in [3.05, 3.63) is 22.7 Å². The minimum atomic E-state index is -0.351. The number of nitrogens with zero attached hydrogens (tertiary/aromatic N) is 2. The van der Waals surface area contributed by atoms with Gasteiger partial charge in [0.25, 0.3) is 0 Å². The third kappa shape index (κ3) is 2.26. The number of nitrogen functional groups attached to an aromatic ring is 1. The Morgan fingerprint density at radius 1 is 1.59 bits per heavy atom. The summed E-state index contributed by atoms with van der Waals surface area (Å²) in [6.45, 7) is 1.89. The van der Waals surface area contributed by atoms with Crippen molar-refractivity contribution in [2.24, 2.45) is 5.73 Å². The lowest BCUT2D eigenvalue weighted by Crippen LogP contribution is -2.18. The summed E-state index contributed by atoms with van der Waals surface area (Å²) >= 11 is 3.38. The average Bonchev–Trinajstić information content (AvgIpc) is 2.51. The van der Waals surface area contributed by atoms with Gasteiger partial charge in [-0.2, -0.15) is 0 Å². The summed E-state index contributed by atoms with van der Waals surface area (Å²) in [6, 6.07) is 5.62. The van der Waals surface area contributed by atoms with E-state index in [9.17, 15) is 4.79 Å². The molecule has 0 spiro atoms. The molecule has 0 saturated heterocycles. The van der Waals surface area contributed by atoms with Crippen molar-refractivity contribution in [1.29, 1.82) is 0 Å². The lowest BCUT2D eigenvalue weighted by Gasteiger charge is -2.14. The van der Waals surface area contributed by atoms with E-state index in [2.05, 4.69) is 20.9 Å². The van der Waals surface area contributed by atoms with E-state index in [-0.39, 0.29) is 18.4 Å². The molecule has 0 aliphatic carbocycles. The highest BCUT2D eigenvalue weighted by atomic mass is 79.9. The molecule has 4 N–H and O–H groups in total. The normalized spacial score (nSPS) is 12.8. The van der Waals surface area contributed by atoms with Gasteiger partial charge in [0.05, 0.1) is 11.0 Å². The van der Waals surface area contributed by atoms with Crippen LogP contribution in [0.5, 0.6) is 0 Å². The van der Waals surface area contributed by atoms with E-state index in [1.54, 1.807) is 0 Å². The molecule has 1 unspecified atom stereocenters. The highest BCUT2D eigenvalue weighted by Gasteiger charge is 2.15. The monoisotopic (exact) mass is 296 g/mol. The number of carbonyl (C=O) groups is 1. The number of rotatable bonds is 3. The SMILES string of the molecule is CC(CC(N)=O)n1c(N)nc2cc(Br)ccc21. The Kier molecular flexibility index (Phi) is 3.06. The Morgan fingerprint density at radius 3 is 2.94 bits per heavy atom. The summed E-state index contributed by atoms with van der Waals surface area (Å²) in [5, 5.41) is 0. The molecular formula is C11H13BrN4O. The van der Waals surface area contributed by atoms with Crippen molar-refractivity contribution in [3.8, 4) is 0 Å². The standard InChI is InChI=1S/C11H13BrN4O/c1-6(4-10(13)17)16-9-3-2-7(12)5-8(9)15-11(16)14/h2-3,5-6H,4H2,1H3,(H2,13,17)(H2,14,15). The fourth-order valence-electron chi connectivity index (χ4n) is 1.94. The zero-order valence-corrected chi connectivity index (χ0v) is 10.9. The van der Waals surface area contributed by atoms with E-state index in [0.29, 0.717) is 5.95 Å². The van der Waals surface area contributed by atoms with Crippen molar-refractivity contribution >= 4 is 38.8 Å². The molecule has 90 valence electrons. The largest absolute Gasteiger partial charge is 0.370 e. The maximum atomic E-state index is 10.9. The average molecular weight is 297 g/mol. The number of halogens is 1. The first-order valence-corrected chi connectivity index (χ1v) is 5.99. The van der Waals surface area contributed by atoms with Crippen LogP contribution in [0.15, 0.2) is 22.7 Å². The number of hydrogen-bond donors (Lipinski definition) is 2. The summed E-state index contributed by atoms with van der Waals surface area (Å²) in [6.07, 6.45) is 0.242. The van der Waals surface area contributed by atoms with Gasteiger partial charge in [-0.1, -0.05) is 15.9 Å². The molecule has 0 fully saturated rings. The van der Waals surface area contributed by atoms with Crippen LogP contribution in [0.3, 0.4) is 0 Å². The first kappa shape index (κ1) is 11.9. The van der Waals surface area contributed by atoms with E-state index in [1.165, 1.54) is 0 Å². The summed E-state index contributed by atoms with van der Waals surface area (Å²) in [5.74, 6) is 0.0442. The molecule has 1 aromatic heterocycles. The molecule has 2 rings (SSSR count). The van der Waals surface area contributed by atoms with Crippen molar-refractivity contribution in [2.75, 3.05) is 5.73 Å². The number of amides is 1. The Labute approximate surface area is 107 Å². The van der Waals surface area contributed by atoms with Crippen LogP contribution < -0.4 is 11.5 Å². The number of nitrogens with two attached hydrogens (primary N) is 2. The van der Waals surface area contributed by atoms with Crippen LogP contribution in [-0.2, 0) is 4.79 Å². The van der Waals surface area contributed by atoms with Gasteiger partial charge in [-0.3, -0.25) is 4.79 Å². The second kappa shape index (κ2) is 4.37. The Bertz CT molecular complexity index is 578. The number of fused-ring (bicyclic) bond motifs is 1. The number of hydrogen-bond acceptors (Lipinski definition) is 3. The van der Waals surface area contributed by atoms with Gasteiger partial charge in [-0.05, 0) is 25.1 Å². The van der Waals surface area contributed by atoms with Gasteiger partial charge in [0.15, 0.2) is 0 Å². The molecule has 0 radical (unpaired) electrons. The Hall–Kier alpha value is -1.56. The molecule has 0 aliphatic heterocycles. The lowest BCUT2D eigenvalue weighted by molar-refractivity contribution is -0.118. The number of aromatic nitrogens is 2. The first-order valence-electron chi connectivity index (χ1n) is 5.20. The van der Waals surface area contributed by atoms with Gasteiger partial charge >= 0.3 is 0 Å². The minimum absolute atomic E-state index is 0.0984. The number of primary amides is 1. The molecule has 6 heteroatoms. The number of anilines is 1. The van der Waals surface area contributed by atoms with Crippen LogP contribution in [-0.4, -0.2) is 15.5 Å². The van der Waals surface area contributed by atoms with E-state index in [1.807, 2.05) is 29.7 Å².